The summed E-state index contributed by atoms with van der Waals surface area (Å²) in [6.45, 7) is 13.1. The van der Waals surface area contributed by atoms with E-state index in [1.54, 1.807) is 0 Å². The molecule has 196 valence electrons. The van der Waals surface area contributed by atoms with Crippen molar-refractivity contribution in [2.75, 3.05) is 26.4 Å². The first-order valence-electron chi connectivity index (χ1n) is 13.2. The van der Waals surface area contributed by atoms with E-state index in [1.807, 2.05) is 27.7 Å². The van der Waals surface area contributed by atoms with Crippen molar-refractivity contribution in [3.8, 4) is 0 Å². The molecule has 6 atom stereocenters. The molecule has 4 fully saturated rings. The van der Waals surface area contributed by atoms with E-state index in [4.69, 9.17) is 18.1 Å². The molecule has 34 heavy (non-hydrogen) atoms. The lowest BCUT2D eigenvalue weighted by atomic mass is 9.89. The van der Waals surface area contributed by atoms with Gasteiger partial charge in [0.25, 0.3) is 0 Å². The lowest BCUT2D eigenvalue weighted by molar-refractivity contribution is 0.220. The molecule has 0 N–H and O–H groups in total. The molecule has 0 amide bonds. The molecular formula is C24H44N2O6P2. The van der Waals surface area contributed by atoms with Gasteiger partial charge in [-0.15, -0.1) is 0 Å². The molecular weight excluding hydrogens is 474 g/mol. The van der Waals surface area contributed by atoms with E-state index in [-0.39, 0.29) is 0 Å². The van der Waals surface area contributed by atoms with Crippen LogP contribution in [0.3, 0.4) is 0 Å². The van der Waals surface area contributed by atoms with Crippen LogP contribution in [0.25, 0.3) is 0 Å². The summed E-state index contributed by atoms with van der Waals surface area (Å²) in [6, 6.07) is 0. The Morgan fingerprint density at radius 3 is 1.21 bits per heavy atom. The van der Waals surface area contributed by atoms with Crippen molar-refractivity contribution >= 4 is 26.9 Å². The fourth-order valence-corrected chi connectivity index (χ4v) is 9.12. The van der Waals surface area contributed by atoms with Crippen LogP contribution in [0.2, 0.25) is 0 Å². The van der Waals surface area contributed by atoms with Gasteiger partial charge >= 0.3 is 15.5 Å². The van der Waals surface area contributed by atoms with Gasteiger partial charge in [-0.2, -0.15) is 9.53 Å². The maximum absolute atomic E-state index is 12.4. The van der Waals surface area contributed by atoms with E-state index in [0.29, 0.717) is 50.1 Å². The monoisotopic (exact) mass is 518 g/mol. The van der Waals surface area contributed by atoms with Crippen LogP contribution < -0.4 is 0 Å². The molecule has 4 aliphatic carbocycles. The van der Waals surface area contributed by atoms with Crippen molar-refractivity contribution < 1.29 is 27.2 Å². The standard InChI is InChI=1S/2C12H22NO3P/c2*1-4-15-17(14,16-5-2)13-12-9(3)10-6-7-11(12)8-10/h2*9-11H,4-8H2,1-3H3/b2*13-12-. The maximum Gasteiger partial charge on any atom is 0.453 e. The number of hydrogen-bond donors (Lipinski definition) is 0. The van der Waals surface area contributed by atoms with Gasteiger partial charge in [-0.25, -0.2) is 9.13 Å². The van der Waals surface area contributed by atoms with Gasteiger partial charge in [0, 0.05) is 11.4 Å². The summed E-state index contributed by atoms with van der Waals surface area (Å²) in [5.41, 5.74) is 2.15. The number of nitrogens with zero attached hydrogens (tertiary/aromatic N) is 2. The van der Waals surface area contributed by atoms with Crippen LogP contribution in [0.15, 0.2) is 9.53 Å². The predicted octanol–water partition coefficient (Wildman–Crippen LogP) is 7.35. The second-order valence-corrected chi connectivity index (χ2v) is 13.1. The molecule has 0 aliphatic heterocycles. The van der Waals surface area contributed by atoms with Crippen LogP contribution >= 0.6 is 15.5 Å². The second-order valence-electron chi connectivity index (χ2n) is 9.78. The Labute approximate surface area is 205 Å². The third-order valence-electron chi connectivity index (χ3n) is 7.78. The van der Waals surface area contributed by atoms with E-state index >= 15 is 0 Å². The summed E-state index contributed by atoms with van der Waals surface area (Å²) < 4.78 is 54.4. The molecule has 4 saturated carbocycles. The number of rotatable bonds is 10. The van der Waals surface area contributed by atoms with Gasteiger partial charge < -0.3 is 0 Å². The summed E-state index contributed by atoms with van der Waals surface area (Å²) >= 11 is 0. The van der Waals surface area contributed by atoms with Crippen LogP contribution in [0.5, 0.6) is 0 Å². The Morgan fingerprint density at radius 1 is 0.647 bits per heavy atom. The van der Waals surface area contributed by atoms with Crippen LogP contribution in [0.4, 0.5) is 0 Å². The molecule has 0 saturated heterocycles. The molecule has 0 spiro atoms. The van der Waals surface area contributed by atoms with E-state index in [0.717, 1.165) is 23.3 Å². The molecule has 10 heteroatoms. The van der Waals surface area contributed by atoms with Crippen LogP contribution in [0.1, 0.15) is 80.1 Å². The molecule has 4 rings (SSSR count). The first-order chi connectivity index (χ1) is 16.2. The van der Waals surface area contributed by atoms with Gasteiger partial charge in [-0.3, -0.25) is 18.1 Å². The minimum absolute atomic E-state index is 0.372. The lowest BCUT2D eigenvalue weighted by Gasteiger charge is -2.21. The van der Waals surface area contributed by atoms with E-state index in [1.165, 1.54) is 38.5 Å². The summed E-state index contributed by atoms with van der Waals surface area (Å²) in [5.74, 6) is 3.39. The molecule has 4 bridgehead atoms. The van der Waals surface area contributed by atoms with Crippen molar-refractivity contribution in [1.82, 2.24) is 0 Å². The molecule has 4 aliphatic rings. The summed E-state index contributed by atoms with van der Waals surface area (Å²) in [4.78, 5) is 0. The highest BCUT2D eigenvalue weighted by Gasteiger charge is 2.45. The zero-order chi connectivity index (χ0) is 24.9. The first-order valence-corrected chi connectivity index (χ1v) is 16.2. The zero-order valence-electron chi connectivity index (χ0n) is 21.8. The Hall–Kier alpha value is -0.360. The Morgan fingerprint density at radius 2 is 0.971 bits per heavy atom. The molecule has 6 unspecified atom stereocenters. The molecule has 0 radical (unpaired) electrons. The number of fused-ring (bicyclic) bond motifs is 4. The Kier molecular flexibility index (Phi) is 10.2. The average molecular weight is 519 g/mol. The molecule has 0 aromatic heterocycles. The highest BCUT2D eigenvalue weighted by molar-refractivity contribution is 7.52. The third-order valence-corrected chi connectivity index (χ3v) is 11.1. The summed E-state index contributed by atoms with van der Waals surface area (Å²) in [5, 5.41) is 0. The average Bonchev–Trinajstić information content (AvgIpc) is 3.55. The predicted molar refractivity (Wildman–Crippen MR) is 137 cm³/mol. The fraction of sp³-hybridized carbons (Fsp3) is 0.917. The number of hydrogen-bond acceptors (Lipinski definition) is 6. The molecule has 0 heterocycles. The Bertz CT molecular complexity index is 751. The smallest absolute Gasteiger partial charge is 0.291 e. The minimum Gasteiger partial charge on any atom is -0.291 e. The van der Waals surface area contributed by atoms with Crippen LogP contribution in [-0.4, -0.2) is 37.9 Å². The normalized spacial score (nSPS) is 34.8. The van der Waals surface area contributed by atoms with Gasteiger partial charge in [-0.1, -0.05) is 13.8 Å². The van der Waals surface area contributed by atoms with Crippen molar-refractivity contribution in [3.63, 3.8) is 0 Å². The highest BCUT2D eigenvalue weighted by Crippen LogP contribution is 2.56. The first kappa shape index (κ1) is 28.2. The van der Waals surface area contributed by atoms with Gasteiger partial charge in [0.15, 0.2) is 0 Å². The van der Waals surface area contributed by atoms with Gasteiger partial charge in [-0.05, 0) is 102 Å². The van der Waals surface area contributed by atoms with E-state index in [2.05, 4.69) is 23.4 Å². The van der Waals surface area contributed by atoms with E-state index in [9.17, 15) is 9.13 Å². The maximum atomic E-state index is 12.4. The van der Waals surface area contributed by atoms with Crippen molar-refractivity contribution in [2.45, 2.75) is 80.1 Å². The molecule has 0 aromatic rings. The molecule has 0 aromatic carbocycles. The second kappa shape index (κ2) is 12.3. The van der Waals surface area contributed by atoms with E-state index < -0.39 is 15.5 Å². The van der Waals surface area contributed by atoms with Gasteiger partial charge in [0.05, 0.1) is 26.4 Å². The SMILES string of the molecule is CCOP(=O)(/N=C1\C2CCC(C2)C1C)OCC.CCOP(=O)(/N=C1\C2CCC(C2)C1C)OCC. The fourth-order valence-electron chi connectivity index (χ4n) is 6.18. The van der Waals surface area contributed by atoms with Crippen molar-refractivity contribution in [2.24, 2.45) is 45.0 Å². The van der Waals surface area contributed by atoms with Crippen molar-refractivity contribution in [1.29, 1.82) is 0 Å². The third kappa shape index (κ3) is 6.49. The van der Waals surface area contributed by atoms with Crippen LogP contribution in [0, 0.1) is 35.5 Å². The summed E-state index contributed by atoms with van der Waals surface area (Å²) in [7, 11) is -6.50. The summed E-state index contributed by atoms with van der Waals surface area (Å²) in [6.07, 6.45) is 7.37. The largest absolute Gasteiger partial charge is 0.453 e. The van der Waals surface area contributed by atoms with Crippen LogP contribution in [-0.2, 0) is 27.2 Å². The molecule has 8 nitrogen and oxygen atoms in total. The van der Waals surface area contributed by atoms with Crippen molar-refractivity contribution in [3.05, 3.63) is 0 Å². The topological polar surface area (TPSA) is 95.8 Å². The zero-order valence-corrected chi connectivity index (χ0v) is 23.6. The lowest BCUT2D eigenvalue weighted by Crippen LogP contribution is -2.19. The minimum atomic E-state index is -3.25. The Balaban J connectivity index is 0.000000191. The quantitative estimate of drug-likeness (QED) is 0.281. The van der Waals surface area contributed by atoms with Gasteiger partial charge in [0.1, 0.15) is 0 Å². The highest BCUT2D eigenvalue weighted by atomic mass is 31.2. The van der Waals surface area contributed by atoms with Gasteiger partial charge in [0.2, 0.25) is 0 Å².